The van der Waals surface area contributed by atoms with E-state index in [1.165, 1.54) is 42.5 Å². The number of alkyl carbamates (subject to hydrolysis) is 1. The smallest absolute Gasteiger partial charge is 0.408 e. The van der Waals surface area contributed by atoms with Crippen LogP contribution in [-0.4, -0.2) is 32.2 Å². The summed E-state index contributed by atoms with van der Waals surface area (Å²) in [5.41, 5.74) is 0.00198. The van der Waals surface area contributed by atoms with Crippen LogP contribution >= 0.6 is 23.2 Å². The summed E-state index contributed by atoms with van der Waals surface area (Å²) in [5.74, 6) is -1.59. The molecule has 190 valence electrons. The van der Waals surface area contributed by atoms with Crippen molar-refractivity contribution in [1.82, 2.24) is 5.32 Å². The third-order valence-electron chi connectivity index (χ3n) is 5.03. The molecule has 3 rings (SSSR count). The zero-order valence-corrected chi connectivity index (χ0v) is 22.3. The normalized spacial score (nSPS) is 12.6. The van der Waals surface area contributed by atoms with Gasteiger partial charge in [0.25, 0.3) is 0 Å². The zero-order valence-electron chi connectivity index (χ0n) is 19.9. The third-order valence-corrected chi connectivity index (χ3v) is 6.88. The Bertz CT molecular complexity index is 1430. The van der Waals surface area contributed by atoms with E-state index in [-0.39, 0.29) is 26.1 Å². The highest BCUT2D eigenvalue weighted by Gasteiger charge is 2.29. The molecule has 1 atom stereocenters. The highest BCUT2D eigenvalue weighted by molar-refractivity contribution is 7.90. The van der Waals surface area contributed by atoms with Crippen molar-refractivity contribution >= 4 is 44.9 Å². The molecule has 0 saturated carbocycles. The maximum Gasteiger partial charge on any atom is 0.408 e. The first-order valence-corrected chi connectivity index (χ1v) is 13.4. The van der Waals surface area contributed by atoms with Crippen molar-refractivity contribution < 1.29 is 27.1 Å². The second-order valence-corrected chi connectivity index (χ2v) is 11.9. The molecule has 0 spiro atoms. The van der Waals surface area contributed by atoms with Crippen LogP contribution in [0.2, 0.25) is 10.0 Å². The topological polar surface area (TPSA) is 89.5 Å². The van der Waals surface area contributed by atoms with Crippen LogP contribution in [0.4, 0.5) is 9.18 Å². The van der Waals surface area contributed by atoms with Crippen molar-refractivity contribution in [3.63, 3.8) is 0 Å². The van der Waals surface area contributed by atoms with E-state index in [4.69, 9.17) is 27.9 Å². The van der Waals surface area contributed by atoms with Gasteiger partial charge in [-0.15, -0.1) is 0 Å². The molecule has 1 unspecified atom stereocenters. The van der Waals surface area contributed by atoms with Crippen LogP contribution in [0.25, 0.3) is 11.1 Å². The monoisotopic (exact) mass is 551 g/mol. The second kappa shape index (κ2) is 10.6. The van der Waals surface area contributed by atoms with Gasteiger partial charge in [-0.1, -0.05) is 47.5 Å². The molecule has 10 heteroatoms. The highest BCUT2D eigenvalue weighted by atomic mass is 35.5. The van der Waals surface area contributed by atoms with E-state index in [0.717, 1.165) is 12.3 Å². The summed E-state index contributed by atoms with van der Waals surface area (Å²) in [4.78, 5) is 26.0. The number of carbonyl (C=O) groups excluding carboxylic acids is 2. The number of carbonyl (C=O) groups is 2. The number of rotatable bonds is 6. The maximum atomic E-state index is 15.2. The summed E-state index contributed by atoms with van der Waals surface area (Å²) in [6, 6.07) is 13.0. The summed E-state index contributed by atoms with van der Waals surface area (Å²) in [6.07, 6.45) is 0.205. The van der Waals surface area contributed by atoms with Gasteiger partial charge in [-0.2, -0.15) is 0 Å². The molecule has 0 saturated heterocycles. The molecule has 0 bridgehead atoms. The van der Waals surface area contributed by atoms with Gasteiger partial charge in [-0.25, -0.2) is 17.6 Å². The average molecular weight is 552 g/mol. The average Bonchev–Trinajstić information content (AvgIpc) is 2.77. The fourth-order valence-electron chi connectivity index (χ4n) is 3.37. The minimum Gasteiger partial charge on any atom is -0.444 e. The Balaban J connectivity index is 2.00. The lowest BCUT2D eigenvalue weighted by Crippen LogP contribution is -2.38. The molecule has 0 radical (unpaired) electrons. The summed E-state index contributed by atoms with van der Waals surface area (Å²) >= 11 is 12.1. The molecule has 6 nitrogen and oxygen atoms in total. The van der Waals surface area contributed by atoms with Crippen LogP contribution in [0, 0.1) is 5.82 Å². The van der Waals surface area contributed by atoms with Crippen molar-refractivity contribution in [3.8, 4) is 11.1 Å². The van der Waals surface area contributed by atoms with Gasteiger partial charge in [-0.05, 0) is 73.9 Å². The molecular weight excluding hydrogens is 528 g/mol. The van der Waals surface area contributed by atoms with Crippen LogP contribution in [0.15, 0.2) is 65.6 Å². The molecule has 1 N–H and O–H groups in total. The minimum atomic E-state index is -3.46. The standard InChI is InChI=1S/C26H24Cl2FNO5S/c1-26(2,3)35-25(32)30-23(17-9-11-20(27)21(28)13-17)24(31)19-10-8-16(14-22(19)29)15-6-5-7-18(12-15)36(4,33)34/h5-14,23H,1-4H3,(H,30,32). The number of hydrogen-bond acceptors (Lipinski definition) is 5. The van der Waals surface area contributed by atoms with Crippen LogP contribution < -0.4 is 5.32 Å². The predicted molar refractivity (Wildman–Crippen MR) is 138 cm³/mol. The van der Waals surface area contributed by atoms with Gasteiger partial charge in [0.2, 0.25) is 0 Å². The summed E-state index contributed by atoms with van der Waals surface area (Å²) in [6.45, 7) is 5.00. The number of Topliss-reactive ketones (excluding diaryl/α,β-unsaturated/α-hetero) is 1. The van der Waals surface area contributed by atoms with Gasteiger partial charge in [0, 0.05) is 6.26 Å². The molecule has 0 aliphatic carbocycles. The van der Waals surface area contributed by atoms with Crippen molar-refractivity contribution in [1.29, 1.82) is 0 Å². The number of hydrogen-bond donors (Lipinski definition) is 1. The molecule has 0 aliphatic rings. The van der Waals surface area contributed by atoms with E-state index >= 15 is 4.39 Å². The Morgan fingerprint density at radius 3 is 2.19 bits per heavy atom. The first kappa shape index (κ1) is 27.6. The molecule has 3 aromatic carbocycles. The largest absolute Gasteiger partial charge is 0.444 e. The molecule has 0 aromatic heterocycles. The SMILES string of the molecule is CC(C)(C)OC(=O)NC(C(=O)c1ccc(-c2cccc(S(C)(=O)=O)c2)cc1F)c1ccc(Cl)c(Cl)c1. The van der Waals surface area contributed by atoms with Crippen molar-refractivity contribution in [3.05, 3.63) is 87.7 Å². The Morgan fingerprint density at radius 2 is 1.61 bits per heavy atom. The Labute approximate surface area is 219 Å². The lowest BCUT2D eigenvalue weighted by Gasteiger charge is -2.24. The number of ether oxygens (including phenoxy) is 1. The second-order valence-electron chi connectivity index (χ2n) is 9.11. The quantitative estimate of drug-likeness (QED) is 0.346. The summed E-state index contributed by atoms with van der Waals surface area (Å²) < 4.78 is 44.2. The van der Waals surface area contributed by atoms with Gasteiger partial charge in [0.1, 0.15) is 17.5 Å². The molecule has 0 fully saturated rings. The van der Waals surface area contributed by atoms with E-state index in [0.29, 0.717) is 11.1 Å². The van der Waals surface area contributed by atoms with Gasteiger partial charge in [0.15, 0.2) is 15.6 Å². The Morgan fingerprint density at radius 1 is 0.944 bits per heavy atom. The molecular formula is C26H24Cl2FNO5S. The number of benzene rings is 3. The van der Waals surface area contributed by atoms with Crippen LogP contribution in [-0.2, 0) is 14.6 Å². The van der Waals surface area contributed by atoms with Crippen molar-refractivity contribution in [2.24, 2.45) is 0 Å². The van der Waals surface area contributed by atoms with E-state index in [2.05, 4.69) is 5.32 Å². The van der Waals surface area contributed by atoms with E-state index in [1.54, 1.807) is 32.9 Å². The first-order chi connectivity index (χ1) is 16.7. The highest BCUT2D eigenvalue weighted by Crippen LogP contribution is 2.30. The number of ketones is 1. The van der Waals surface area contributed by atoms with E-state index in [1.807, 2.05) is 0 Å². The van der Waals surface area contributed by atoms with Crippen LogP contribution in [0.1, 0.15) is 42.7 Å². The fraction of sp³-hybridized carbons (Fsp3) is 0.231. The van der Waals surface area contributed by atoms with E-state index in [9.17, 15) is 18.0 Å². The van der Waals surface area contributed by atoms with Gasteiger partial charge < -0.3 is 10.1 Å². The van der Waals surface area contributed by atoms with Crippen molar-refractivity contribution in [2.75, 3.05) is 6.26 Å². The first-order valence-electron chi connectivity index (χ1n) is 10.7. The summed E-state index contributed by atoms with van der Waals surface area (Å²) in [7, 11) is -3.46. The lowest BCUT2D eigenvalue weighted by atomic mass is 9.95. The molecule has 0 aliphatic heterocycles. The molecule has 0 heterocycles. The fourth-order valence-corrected chi connectivity index (χ4v) is 4.35. The van der Waals surface area contributed by atoms with Crippen LogP contribution in [0.5, 0.6) is 0 Å². The molecule has 3 aromatic rings. The number of nitrogens with one attached hydrogen (secondary N) is 1. The van der Waals surface area contributed by atoms with Crippen molar-refractivity contribution in [2.45, 2.75) is 37.3 Å². The maximum absolute atomic E-state index is 15.2. The Kier molecular flexibility index (Phi) is 8.13. The third kappa shape index (κ3) is 6.84. The van der Waals surface area contributed by atoms with Gasteiger partial charge >= 0.3 is 6.09 Å². The Hall–Kier alpha value is -2.94. The number of halogens is 3. The van der Waals surface area contributed by atoms with Gasteiger partial charge in [-0.3, -0.25) is 4.79 Å². The predicted octanol–water partition coefficient (Wildman–Crippen LogP) is 6.65. The number of sulfone groups is 1. The minimum absolute atomic E-state index is 0.0850. The molecule has 36 heavy (non-hydrogen) atoms. The van der Waals surface area contributed by atoms with E-state index < -0.39 is 39.2 Å². The summed E-state index contributed by atoms with van der Waals surface area (Å²) in [5, 5.41) is 2.89. The zero-order chi connectivity index (χ0) is 26.8. The lowest BCUT2D eigenvalue weighted by molar-refractivity contribution is 0.0490. The van der Waals surface area contributed by atoms with Gasteiger partial charge in [0.05, 0.1) is 20.5 Å². The number of amides is 1. The molecule has 1 amide bonds. The van der Waals surface area contributed by atoms with Crippen LogP contribution in [0.3, 0.4) is 0 Å².